The molecule has 0 radical (unpaired) electrons. The smallest absolute Gasteiger partial charge is 0.471 e. The molecule has 3 amide bonds. The molecule has 50 heavy (non-hydrogen) atoms. The van der Waals surface area contributed by atoms with Gasteiger partial charge in [0.15, 0.2) is 5.65 Å². The van der Waals surface area contributed by atoms with Crippen LogP contribution in [0.1, 0.15) is 84.3 Å². The Hall–Kier alpha value is -4.15. The van der Waals surface area contributed by atoms with Crippen molar-refractivity contribution in [2.45, 2.75) is 123 Å². The number of nitrogens with zero attached hydrogens (tertiary/aromatic N) is 7. The van der Waals surface area contributed by atoms with Gasteiger partial charge in [-0.05, 0) is 68.7 Å². The number of carbonyl (C=O) groups excluding carboxylic acids is 3. The summed E-state index contributed by atoms with van der Waals surface area (Å²) in [5.41, 5.74) is 0.612. The van der Waals surface area contributed by atoms with E-state index in [0.29, 0.717) is 27.4 Å². The van der Waals surface area contributed by atoms with Gasteiger partial charge in [-0.25, -0.2) is 19.3 Å². The molecule has 13 nitrogen and oxygen atoms in total. The lowest BCUT2D eigenvalue weighted by atomic mass is 10.1. The van der Waals surface area contributed by atoms with Crippen molar-refractivity contribution >= 4 is 46.8 Å². The van der Waals surface area contributed by atoms with Crippen LogP contribution in [0.4, 0.5) is 28.7 Å². The number of imide groups is 1. The summed E-state index contributed by atoms with van der Waals surface area (Å²) in [5, 5.41) is 5.45. The van der Waals surface area contributed by atoms with E-state index in [4.69, 9.17) is 19.3 Å². The van der Waals surface area contributed by atoms with E-state index in [1.54, 1.807) is 68.7 Å². The van der Waals surface area contributed by atoms with Crippen molar-refractivity contribution in [3.8, 4) is 5.75 Å². The summed E-state index contributed by atoms with van der Waals surface area (Å²) >= 11 is 1.07. The average Bonchev–Trinajstić information content (AvgIpc) is 3.20. The number of amides is 3. The van der Waals surface area contributed by atoms with Crippen molar-refractivity contribution in [3.63, 3.8) is 0 Å². The molecule has 3 aromatic rings. The van der Waals surface area contributed by atoms with Crippen molar-refractivity contribution in [2.24, 2.45) is 0 Å². The van der Waals surface area contributed by atoms with E-state index >= 15 is 0 Å². The van der Waals surface area contributed by atoms with Crippen molar-refractivity contribution in [1.29, 1.82) is 0 Å². The van der Waals surface area contributed by atoms with Crippen LogP contribution >= 0.6 is 11.8 Å². The SMILES string of the molecule is CCC(C)N(C(=O)C(F)(F)F)C1CSc2nc(N(C(=O)OC(C)(C)C)C(=O)OC(C)(C)C)nc3c2c(nn3Cc2ncc(C)c(OC)c2C)C1. The van der Waals surface area contributed by atoms with Crippen LogP contribution in [0.15, 0.2) is 11.2 Å². The lowest BCUT2D eigenvalue weighted by Gasteiger charge is -2.36. The van der Waals surface area contributed by atoms with E-state index in [0.717, 1.165) is 27.8 Å². The number of hydrogen-bond acceptors (Lipinski definition) is 11. The summed E-state index contributed by atoms with van der Waals surface area (Å²) < 4.78 is 59.9. The first kappa shape index (κ1) is 38.6. The van der Waals surface area contributed by atoms with Gasteiger partial charge in [0.25, 0.3) is 0 Å². The molecule has 0 fully saturated rings. The number of aryl methyl sites for hydroxylation is 1. The van der Waals surface area contributed by atoms with E-state index < -0.39 is 47.6 Å². The maximum Gasteiger partial charge on any atom is 0.471 e. The first-order chi connectivity index (χ1) is 23.1. The van der Waals surface area contributed by atoms with Crippen LogP contribution in [0.2, 0.25) is 0 Å². The van der Waals surface area contributed by atoms with Gasteiger partial charge in [0.2, 0.25) is 5.95 Å². The maximum atomic E-state index is 13.9. The molecule has 4 rings (SSSR count). The van der Waals surface area contributed by atoms with Gasteiger partial charge in [-0.2, -0.15) is 23.3 Å². The lowest BCUT2D eigenvalue weighted by Crippen LogP contribution is -2.53. The third-order valence-electron chi connectivity index (χ3n) is 7.80. The molecule has 0 aliphatic carbocycles. The zero-order chi connectivity index (χ0) is 37.5. The zero-order valence-electron chi connectivity index (χ0n) is 30.2. The molecule has 17 heteroatoms. The Kier molecular flexibility index (Phi) is 11.0. The zero-order valence-corrected chi connectivity index (χ0v) is 31.0. The molecule has 0 saturated heterocycles. The molecule has 4 heterocycles. The highest BCUT2D eigenvalue weighted by Gasteiger charge is 2.47. The van der Waals surface area contributed by atoms with Crippen molar-refractivity contribution in [1.82, 2.24) is 29.6 Å². The highest BCUT2D eigenvalue weighted by Crippen LogP contribution is 2.38. The Morgan fingerprint density at radius 3 is 2.16 bits per heavy atom. The summed E-state index contributed by atoms with van der Waals surface area (Å²) in [7, 11) is 1.54. The van der Waals surface area contributed by atoms with Crippen LogP contribution in [0, 0.1) is 13.8 Å². The predicted octanol–water partition coefficient (Wildman–Crippen LogP) is 6.78. The molecule has 2 atom stereocenters. The van der Waals surface area contributed by atoms with Gasteiger partial charge in [0, 0.05) is 41.6 Å². The Morgan fingerprint density at radius 2 is 1.64 bits per heavy atom. The highest BCUT2D eigenvalue weighted by atomic mass is 32.2. The molecule has 0 saturated carbocycles. The minimum atomic E-state index is -5.09. The standard InChI is InChI=1S/C33H44F3N7O6S/c1-12-18(3)42(27(44)33(34,35)36)20-13-21-23-25(41(40-21)15-22-19(4)24(47-11)17(2)14-37-22)38-28(39-26(23)50-16-20)43(29(45)48-31(5,6)7)30(46)49-32(8,9)10/h14,18,20H,12-13,15-16H2,1-11H3. The molecule has 2 unspecified atom stereocenters. The average molecular weight is 724 g/mol. The molecule has 3 aromatic heterocycles. The Balaban J connectivity index is 1.96. The molecule has 0 N–H and O–H groups in total. The molecule has 1 aliphatic heterocycles. The molecule has 0 aromatic carbocycles. The van der Waals surface area contributed by atoms with E-state index in [1.165, 1.54) is 4.68 Å². The van der Waals surface area contributed by atoms with Gasteiger partial charge in [0.1, 0.15) is 22.0 Å². The first-order valence-corrected chi connectivity index (χ1v) is 17.1. The minimum Gasteiger partial charge on any atom is -0.496 e. The molecule has 0 bridgehead atoms. The number of carbonyl (C=O) groups is 3. The van der Waals surface area contributed by atoms with Gasteiger partial charge in [-0.15, -0.1) is 16.7 Å². The van der Waals surface area contributed by atoms with Crippen LogP contribution in [0.3, 0.4) is 0 Å². The number of halogens is 3. The number of pyridine rings is 1. The van der Waals surface area contributed by atoms with E-state index in [1.807, 2.05) is 13.8 Å². The summed E-state index contributed by atoms with van der Waals surface area (Å²) in [6.07, 6.45) is -5.40. The van der Waals surface area contributed by atoms with Gasteiger partial charge in [-0.1, -0.05) is 6.92 Å². The Bertz CT molecular complexity index is 1760. The Morgan fingerprint density at radius 1 is 1.04 bits per heavy atom. The van der Waals surface area contributed by atoms with Crippen LogP contribution in [0.25, 0.3) is 11.0 Å². The molecular formula is C33H44F3N7O6S. The van der Waals surface area contributed by atoms with Crippen molar-refractivity contribution in [2.75, 3.05) is 17.8 Å². The van der Waals surface area contributed by atoms with Gasteiger partial charge in [0.05, 0.1) is 30.4 Å². The van der Waals surface area contributed by atoms with Crippen molar-refractivity contribution in [3.05, 3.63) is 28.7 Å². The van der Waals surface area contributed by atoms with Gasteiger partial charge in [-0.3, -0.25) is 9.78 Å². The fourth-order valence-corrected chi connectivity index (χ4v) is 6.62. The molecule has 0 spiro atoms. The second-order valence-corrected chi connectivity index (χ2v) is 15.1. The highest BCUT2D eigenvalue weighted by molar-refractivity contribution is 7.99. The molecule has 1 aliphatic rings. The first-order valence-electron chi connectivity index (χ1n) is 16.1. The number of ether oxygens (including phenoxy) is 3. The fraction of sp³-hybridized carbons (Fsp3) is 0.606. The van der Waals surface area contributed by atoms with E-state index in [-0.39, 0.29) is 41.8 Å². The van der Waals surface area contributed by atoms with Crippen LogP contribution in [0.5, 0.6) is 5.75 Å². The van der Waals surface area contributed by atoms with E-state index in [9.17, 15) is 27.6 Å². The van der Waals surface area contributed by atoms with Gasteiger partial charge >= 0.3 is 24.3 Å². The second kappa shape index (κ2) is 14.2. The predicted molar refractivity (Wildman–Crippen MR) is 181 cm³/mol. The largest absolute Gasteiger partial charge is 0.496 e. The summed E-state index contributed by atoms with van der Waals surface area (Å²) in [4.78, 5) is 55.2. The number of thioether (sulfide) groups is 1. The van der Waals surface area contributed by atoms with Gasteiger partial charge < -0.3 is 19.1 Å². The molecule has 274 valence electrons. The monoisotopic (exact) mass is 723 g/mol. The van der Waals surface area contributed by atoms with Crippen LogP contribution in [-0.4, -0.2) is 90.1 Å². The number of aromatic nitrogens is 5. The minimum absolute atomic E-state index is 0.0166. The van der Waals surface area contributed by atoms with E-state index in [2.05, 4.69) is 15.0 Å². The maximum absolute atomic E-state index is 13.9. The lowest BCUT2D eigenvalue weighted by molar-refractivity contribution is -0.189. The van der Waals surface area contributed by atoms with Crippen LogP contribution < -0.4 is 9.64 Å². The normalized spacial score (nSPS) is 15.7. The summed E-state index contributed by atoms with van der Waals surface area (Å²) in [6.45, 7) is 16.8. The second-order valence-electron chi connectivity index (χ2n) is 14.1. The topological polar surface area (TPSA) is 142 Å². The molecular weight excluding hydrogens is 679 g/mol. The quantitative estimate of drug-likeness (QED) is 0.238. The number of anilines is 1. The summed E-state index contributed by atoms with van der Waals surface area (Å²) in [6, 6.07) is -1.67. The number of methoxy groups -OCH3 is 1. The number of alkyl halides is 3. The fourth-order valence-electron chi connectivity index (χ4n) is 5.49. The third-order valence-corrected chi connectivity index (χ3v) is 8.92. The third kappa shape index (κ3) is 8.41. The number of rotatable bonds is 7. The summed E-state index contributed by atoms with van der Waals surface area (Å²) in [5.74, 6) is -1.69. The van der Waals surface area contributed by atoms with Crippen LogP contribution in [-0.2, 0) is 27.2 Å². The number of hydrogen-bond donors (Lipinski definition) is 0. The Labute approximate surface area is 293 Å². The van der Waals surface area contributed by atoms with Crippen molar-refractivity contribution < 1.29 is 41.8 Å².